The van der Waals surface area contributed by atoms with Crippen LogP contribution in [0.15, 0.2) is 209 Å². The molecule has 622 valence electrons. The standard InChI is InChI=1S/C27H23ClN4O5.C17H16N2O2.C16H19ClN2O4.C15H12N2O2.C9H11N3.3CO2/c1-14-29-25-24-17(10-28)12-32(20(24)9-22(35)26(25)37-14)27(36)19-13-31-11-15(2-7-23(31)30-19)8-21(34)16-3-5-18(33)6-4-16;1-2-14-11-19-10-12(3-8-17(19)18-14)9-16(21)13-4-6-15(20)7-5-13;1-8-18-13-12-9(6-17)7-19(15(21)23-16(2,3)4)10(12)5-11(20)14(13)22-8;18-13-4-2-12(3-5-13)14(19)9-11-1-6-15-16-7-8-17(15)10-11;1-2-8-6-12-5-7(10)3-4-9(12)11-8;3*2-1-3/h2-7,9,11,13,17,23,30,33,35H,8,10,12H2,1H3;3-8,10-11,20H,2,9H2,1H3;5,9,20H,6-7H2,1-4H3;1-8,10,18H,9H2;3-6H,2,10H2,1H3;;;. The van der Waals surface area contributed by atoms with Gasteiger partial charge in [-0.2, -0.15) is 28.8 Å². The summed E-state index contributed by atoms with van der Waals surface area (Å²) in [6.07, 6.45) is 23.3. The van der Waals surface area contributed by atoms with Crippen molar-refractivity contribution in [1.82, 2.24) is 48.3 Å². The van der Waals surface area contributed by atoms with Crippen molar-refractivity contribution < 1.29 is 91.8 Å². The van der Waals surface area contributed by atoms with Crippen LogP contribution in [0.3, 0.4) is 0 Å². The summed E-state index contributed by atoms with van der Waals surface area (Å²) in [7, 11) is 0. The van der Waals surface area contributed by atoms with Crippen molar-refractivity contribution in [3.05, 3.63) is 263 Å². The van der Waals surface area contributed by atoms with Crippen molar-refractivity contribution in [3.63, 3.8) is 0 Å². The lowest BCUT2D eigenvalue weighted by atomic mass is 10.0. The molecular formula is C87H81Cl2N13O19. The van der Waals surface area contributed by atoms with Crippen LogP contribution in [0.2, 0.25) is 0 Å². The number of phenolic OH excluding ortho intramolecular Hbond substituents is 5. The third kappa shape index (κ3) is 21.9. The average molecular weight is 1680 g/mol. The number of hydrogen-bond donors (Lipinski definition) is 7. The van der Waals surface area contributed by atoms with Crippen molar-refractivity contribution in [2.24, 2.45) is 0 Å². The number of anilines is 3. The largest absolute Gasteiger partial charge is 0.508 e. The van der Waals surface area contributed by atoms with Gasteiger partial charge in [-0.25, -0.2) is 29.7 Å². The Balaban J connectivity index is 0.000000161. The van der Waals surface area contributed by atoms with Crippen molar-refractivity contribution in [2.75, 3.05) is 40.4 Å². The summed E-state index contributed by atoms with van der Waals surface area (Å²) in [4.78, 5) is 139. The molecular weight excluding hydrogens is 1600 g/mol. The highest BCUT2D eigenvalue weighted by Gasteiger charge is 2.41. The maximum atomic E-state index is 13.6. The minimum absolute atomic E-state index is 0.0273. The fourth-order valence-electron chi connectivity index (χ4n) is 13.4. The number of benzene rings is 5. The van der Waals surface area contributed by atoms with Crippen LogP contribution < -0.4 is 20.9 Å². The van der Waals surface area contributed by atoms with Crippen LogP contribution in [0.4, 0.5) is 21.9 Å². The van der Waals surface area contributed by atoms with Crippen LogP contribution in [0, 0.1) is 13.8 Å². The summed E-state index contributed by atoms with van der Waals surface area (Å²) in [5, 5.41) is 51.9. The van der Waals surface area contributed by atoms with Gasteiger partial charge in [0.25, 0.3) is 5.91 Å². The molecule has 0 radical (unpaired) electrons. The summed E-state index contributed by atoms with van der Waals surface area (Å²) >= 11 is 12.4. The number of rotatable bonds is 14. The maximum absolute atomic E-state index is 13.6. The fourth-order valence-corrected chi connectivity index (χ4v) is 13.9. The van der Waals surface area contributed by atoms with Gasteiger partial charge in [-0.15, -0.1) is 23.2 Å². The number of fused-ring (bicyclic) bond motifs is 10. The van der Waals surface area contributed by atoms with Gasteiger partial charge in [0, 0.05) is 171 Å². The highest BCUT2D eigenvalue weighted by atomic mass is 35.5. The Hall–Kier alpha value is -14.8. The molecule has 34 heteroatoms. The summed E-state index contributed by atoms with van der Waals surface area (Å²) in [6.45, 7) is 13.7. The zero-order valence-corrected chi connectivity index (χ0v) is 67.7. The first-order valence-electron chi connectivity index (χ1n) is 37.4. The number of nitrogen functional groups attached to an aromatic ring is 1. The number of nitrogens with zero attached hydrogens (tertiary/aromatic N) is 11. The third-order valence-corrected chi connectivity index (χ3v) is 19.6. The van der Waals surface area contributed by atoms with Crippen LogP contribution in [-0.4, -0.2) is 153 Å². The van der Waals surface area contributed by atoms with Gasteiger partial charge in [-0.3, -0.25) is 24.1 Å². The number of phenols is 5. The molecule has 32 nitrogen and oxygen atoms in total. The lowest BCUT2D eigenvalue weighted by Crippen LogP contribution is -2.38. The van der Waals surface area contributed by atoms with Gasteiger partial charge >= 0.3 is 24.5 Å². The molecule has 0 bridgehead atoms. The minimum atomic E-state index is -0.604. The molecule has 17 rings (SSSR count). The van der Waals surface area contributed by atoms with Gasteiger partial charge in [0.2, 0.25) is 0 Å². The van der Waals surface area contributed by atoms with E-state index in [1.54, 1.807) is 67.5 Å². The quantitative estimate of drug-likeness (QED) is 0.0393. The number of Topliss-reactive ketones (excluding diaryl/α,β-unsaturated/α-hetero) is 3. The lowest BCUT2D eigenvalue weighted by Gasteiger charge is -2.25. The van der Waals surface area contributed by atoms with Crippen molar-refractivity contribution in [1.29, 1.82) is 0 Å². The van der Waals surface area contributed by atoms with Crippen LogP contribution in [0.5, 0.6) is 28.7 Å². The maximum Gasteiger partial charge on any atom is 0.414 e. The summed E-state index contributed by atoms with van der Waals surface area (Å²) in [5.74, 6) is 1.27. The van der Waals surface area contributed by atoms with E-state index in [1.807, 2.05) is 131 Å². The second-order valence-corrected chi connectivity index (χ2v) is 29.1. The highest BCUT2D eigenvalue weighted by molar-refractivity contribution is 6.19. The lowest BCUT2D eigenvalue weighted by molar-refractivity contribution is -0.193. The number of allylic oxidation sites excluding steroid dienone is 2. The number of carbonyl (C=O) groups is 5. The number of nitrogens with two attached hydrogens (primary N) is 1. The molecule has 0 fully saturated rings. The van der Waals surface area contributed by atoms with Gasteiger partial charge in [-0.05, 0) is 153 Å². The molecule has 4 aliphatic heterocycles. The smallest absolute Gasteiger partial charge is 0.414 e. The first-order valence-corrected chi connectivity index (χ1v) is 38.4. The number of hydrogen-bond acceptors (Lipinski definition) is 27. The predicted octanol–water partition coefficient (Wildman–Crippen LogP) is 13.2. The fraction of sp³-hybridized carbons (Fsp3) is 0.230. The van der Waals surface area contributed by atoms with E-state index < -0.39 is 11.7 Å². The van der Waals surface area contributed by atoms with E-state index in [-0.39, 0.29) is 101 Å². The summed E-state index contributed by atoms with van der Waals surface area (Å²) in [5.41, 5.74) is 19.8. The van der Waals surface area contributed by atoms with E-state index in [1.165, 1.54) is 53.4 Å². The molecule has 0 saturated carbocycles. The molecule has 0 spiro atoms. The molecule has 3 unspecified atom stereocenters. The summed E-state index contributed by atoms with van der Waals surface area (Å²) < 4.78 is 22.3. The molecule has 2 amide bonds. The zero-order chi connectivity index (χ0) is 87.5. The number of ether oxygens (including phenoxy) is 1. The van der Waals surface area contributed by atoms with Crippen LogP contribution >= 0.6 is 23.2 Å². The molecule has 0 saturated heterocycles. The second kappa shape index (κ2) is 39.9. The van der Waals surface area contributed by atoms with Crippen molar-refractivity contribution >= 4 is 127 Å². The Labute approximate surface area is 699 Å². The number of nitrogens with one attached hydrogen (secondary N) is 1. The van der Waals surface area contributed by atoms with Gasteiger partial charge in [0.05, 0.1) is 22.8 Å². The predicted molar refractivity (Wildman–Crippen MR) is 441 cm³/mol. The third-order valence-electron chi connectivity index (χ3n) is 18.8. The molecule has 121 heavy (non-hydrogen) atoms. The number of aromatic nitrogens is 8. The minimum Gasteiger partial charge on any atom is -0.508 e. The van der Waals surface area contributed by atoms with E-state index in [4.69, 9.17) is 71.3 Å². The first kappa shape index (κ1) is 88.6. The number of aryl methyl sites for hydroxylation is 4. The van der Waals surface area contributed by atoms with Gasteiger partial charge in [0.1, 0.15) is 62.7 Å². The Morgan fingerprint density at radius 1 is 0.554 bits per heavy atom. The zero-order valence-electron chi connectivity index (χ0n) is 66.2. The number of carbonyl (C=O) groups excluding carboxylic acids is 11. The molecule has 0 aliphatic carbocycles. The molecule has 13 aromatic rings. The van der Waals surface area contributed by atoms with Gasteiger partial charge < -0.3 is 73.2 Å². The number of imidazole rings is 3. The Bertz CT molecular complexity index is 6150. The van der Waals surface area contributed by atoms with Crippen molar-refractivity contribution in [2.45, 2.75) is 104 Å². The Kier molecular flexibility index (Phi) is 29.2. The van der Waals surface area contributed by atoms with Crippen LogP contribution in [-0.2, 0) is 64.0 Å². The number of amides is 2. The average Bonchev–Trinajstić information content (AvgIpc) is 1.59. The first-order chi connectivity index (χ1) is 57.9. The van der Waals surface area contributed by atoms with E-state index >= 15 is 0 Å². The Morgan fingerprint density at radius 3 is 1.45 bits per heavy atom. The molecule has 3 atom stereocenters. The molecule has 5 aromatic carbocycles. The van der Waals surface area contributed by atoms with Crippen molar-refractivity contribution in [3.8, 4) is 28.7 Å². The number of oxazole rings is 2. The van der Waals surface area contributed by atoms with Gasteiger partial charge in [-0.1, -0.05) is 32.1 Å². The molecule has 4 aliphatic rings. The Morgan fingerprint density at radius 2 is 0.983 bits per heavy atom. The highest BCUT2D eigenvalue weighted by Crippen LogP contribution is 2.48. The number of halogens is 2. The topological polar surface area (TPSA) is 450 Å². The molecule has 12 heterocycles. The number of alkyl halides is 2. The number of ketones is 3. The number of pyridine rings is 3. The van der Waals surface area contributed by atoms with E-state index in [0.29, 0.717) is 99.6 Å². The monoisotopic (exact) mass is 1680 g/mol. The van der Waals surface area contributed by atoms with E-state index in [9.17, 15) is 49.5 Å². The number of aromatic hydroxyl groups is 5. The van der Waals surface area contributed by atoms with E-state index in [2.05, 4.69) is 44.1 Å². The molecule has 8 N–H and O–H groups in total. The van der Waals surface area contributed by atoms with Gasteiger partial charge in [0.15, 0.2) is 51.8 Å². The SMILES string of the molecule is CCc1cn2cc(CC(=O)c3ccc(O)cc3)ccc2n1.CCc1cn2cc(N)ccc2n1.Cc1nc2c3c(cc(O)c2o1)N(C(=O)C1=CN2C=C(CC(=O)c4ccc(O)cc4)C=CC2N1)CC3CCl.Cc1nc2c3c(cc(O)c2o1)N(C(=O)OC(C)(C)C)CC3CCl.O=C(Cc1ccc2nccn2c1)c1ccc(O)cc1.O=C=O.O=C=O.O=C=O. The second-order valence-electron chi connectivity index (χ2n) is 28.5. The normalized spacial score (nSPS) is 14.3. The van der Waals surface area contributed by atoms with Crippen LogP contribution in [0.1, 0.15) is 129 Å². The summed E-state index contributed by atoms with van der Waals surface area (Å²) in [6, 6.07) is 33.3. The van der Waals surface area contributed by atoms with Crippen LogP contribution in [0.25, 0.3) is 39.1 Å². The van der Waals surface area contributed by atoms with E-state index in [0.717, 1.165) is 74.7 Å². The molecule has 8 aromatic heterocycles.